The maximum atomic E-state index is 10.6. The van der Waals surface area contributed by atoms with E-state index < -0.39 is 4.92 Å². The Labute approximate surface area is 103 Å². The number of nitro benzene ring substituents is 1. The van der Waals surface area contributed by atoms with Gasteiger partial charge in [-0.05, 0) is 18.9 Å². The maximum absolute atomic E-state index is 10.6. The van der Waals surface area contributed by atoms with Crippen LogP contribution in [0.5, 0.6) is 0 Å². The molecule has 7 heteroatoms. The van der Waals surface area contributed by atoms with E-state index >= 15 is 0 Å². The monoisotopic (exact) mass is 251 g/mol. The van der Waals surface area contributed by atoms with Crippen LogP contribution in [0, 0.1) is 10.1 Å². The Balaban J connectivity index is 2.09. The smallest absolute Gasteiger partial charge is 0.295 e. The fourth-order valence-electron chi connectivity index (χ4n) is 1.53. The van der Waals surface area contributed by atoms with Crippen molar-refractivity contribution in [1.82, 2.24) is 4.98 Å². The molecule has 0 aliphatic heterocycles. The van der Waals surface area contributed by atoms with E-state index in [2.05, 4.69) is 10.3 Å². The predicted molar refractivity (Wildman–Crippen MR) is 65.5 cm³/mol. The molecule has 0 fully saturated rings. The molecule has 0 spiro atoms. The number of aromatic nitrogens is 1. The van der Waals surface area contributed by atoms with Gasteiger partial charge in [0.25, 0.3) is 11.7 Å². The molecule has 0 radical (unpaired) electrons. The van der Waals surface area contributed by atoms with Crippen LogP contribution in [-0.4, -0.2) is 28.2 Å². The molecule has 0 aliphatic rings. The maximum Gasteiger partial charge on any atom is 0.295 e. The highest BCUT2D eigenvalue weighted by Crippen LogP contribution is 2.23. The molecule has 0 bridgehead atoms. The lowest BCUT2D eigenvalue weighted by Crippen LogP contribution is -2.02. The number of nitro groups is 1. The largest absolute Gasteiger partial charge is 0.423 e. The van der Waals surface area contributed by atoms with E-state index in [0.717, 1.165) is 6.42 Å². The van der Waals surface area contributed by atoms with E-state index in [-0.39, 0.29) is 12.3 Å². The molecule has 0 unspecified atom stereocenters. The van der Waals surface area contributed by atoms with Crippen molar-refractivity contribution >= 4 is 22.8 Å². The number of oxazole rings is 1. The summed E-state index contributed by atoms with van der Waals surface area (Å²) in [4.78, 5) is 14.3. The summed E-state index contributed by atoms with van der Waals surface area (Å²) in [6.07, 6.45) is 1.51. The quantitative estimate of drug-likeness (QED) is 0.462. The van der Waals surface area contributed by atoms with Crippen LogP contribution in [0.15, 0.2) is 22.6 Å². The average molecular weight is 251 g/mol. The molecular weight excluding hydrogens is 238 g/mol. The fourth-order valence-corrected chi connectivity index (χ4v) is 1.53. The van der Waals surface area contributed by atoms with Gasteiger partial charge in [-0.2, -0.15) is 4.98 Å². The summed E-state index contributed by atoms with van der Waals surface area (Å²) < 4.78 is 5.35. The van der Waals surface area contributed by atoms with Gasteiger partial charge in [0.1, 0.15) is 5.52 Å². The molecule has 1 aromatic carbocycles. The molecule has 7 nitrogen and oxygen atoms in total. The summed E-state index contributed by atoms with van der Waals surface area (Å²) >= 11 is 0. The van der Waals surface area contributed by atoms with Crippen molar-refractivity contribution in [2.24, 2.45) is 0 Å². The lowest BCUT2D eigenvalue weighted by atomic mass is 10.3. The number of hydrogen-bond acceptors (Lipinski definition) is 6. The molecule has 2 rings (SSSR count). The van der Waals surface area contributed by atoms with E-state index in [1.807, 2.05) is 0 Å². The zero-order valence-corrected chi connectivity index (χ0v) is 9.63. The minimum Gasteiger partial charge on any atom is -0.423 e. The van der Waals surface area contributed by atoms with Crippen molar-refractivity contribution in [3.8, 4) is 0 Å². The van der Waals surface area contributed by atoms with E-state index in [4.69, 9.17) is 9.52 Å². The highest BCUT2D eigenvalue weighted by atomic mass is 16.6. The number of rotatable bonds is 6. The van der Waals surface area contributed by atoms with Crippen LogP contribution in [0.25, 0.3) is 11.1 Å². The zero-order chi connectivity index (χ0) is 13.0. The van der Waals surface area contributed by atoms with Gasteiger partial charge in [-0.25, -0.2) is 0 Å². The van der Waals surface area contributed by atoms with Crippen LogP contribution < -0.4 is 5.32 Å². The number of aliphatic hydroxyl groups is 1. The van der Waals surface area contributed by atoms with Crippen LogP contribution in [0.4, 0.5) is 11.7 Å². The van der Waals surface area contributed by atoms with Crippen molar-refractivity contribution in [3.63, 3.8) is 0 Å². The first-order valence-corrected chi connectivity index (χ1v) is 5.60. The molecule has 96 valence electrons. The minimum atomic E-state index is -0.476. The van der Waals surface area contributed by atoms with Crippen molar-refractivity contribution in [2.45, 2.75) is 12.8 Å². The summed E-state index contributed by atoms with van der Waals surface area (Å²) in [6, 6.07) is 4.63. The summed E-state index contributed by atoms with van der Waals surface area (Å²) in [5, 5.41) is 22.2. The summed E-state index contributed by atoms with van der Waals surface area (Å²) in [7, 11) is 0. The normalized spacial score (nSPS) is 10.7. The molecule has 2 aromatic rings. The van der Waals surface area contributed by atoms with Crippen molar-refractivity contribution < 1.29 is 14.4 Å². The first-order chi connectivity index (χ1) is 8.70. The Morgan fingerprint density at radius 3 is 3.00 bits per heavy atom. The van der Waals surface area contributed by atoms with E-state index in [0.29, 0.717) is 30.1 Å². The molecule has 2 N–H and O–H groups in total. The van der Waals surface area contributed by atoms with Gasteiger partial charge in [0.05, 0.1) is 11.0 Å². The standard InChI is InChI=1S/C11H13N3O4/c15-6-2-1-5-12-11-13-9-4-3-8(14(16)17)7-10(9)18-11/h3-4,7,15H,1-2,5-6H2,(H,12,13). The van der Waals surface area contributed by atoms with Crippen LogP contribution in [0.2, 0.25) is 0 Å². The summed E-state index contributed by atoms with van der Waals surface area (Å²) in [6.45, 7) is 0.789. The van der Waals surface area contributed by atoms with Gasteiger partial charge >= 0.3 is 0 Å². The van der Waals surface area contributed by atoms with Gasteiger partial charge < -0.3 is 14.8 Å². The van der Waals surface area contributed by atoms with E-state index in [1.54, 1.807) is 6.07 Å². The van der Waals surface area contributed by atoms with Gasteiger partial charge in [0.15, 0.2) is 5.58 Å². The molecule has 0 saturated carbocycles. The van der Waals surface area contributed by atoms with Crippen LogP contribution in [-0.2, 0) is 0 Å². The van der Waals surface area contributed by atoms with Crippen molar-refractivity contribution in [2.75, 3.05) is 18.5 Å². The summed E-state index contributed by atoms with van der Waals surface area (Å²) in [5.74, 6) is 0. The fraction of sp³-hybridized carbons (Fsp3) is 0.364. The second-order valence-electron chi connectivity index (χ2n) is 3.79. The first kappa shape index (κ1) is 12.3. The number of aliphatic hydroxyl groups excluding tert-OH is 1. The molecule has 18 heavy (non-hydrogen) atoms. The molecule has 1 heterocycles. The molecule has 0 saturated heterocycles. The molecule has 1 aromatic heterocycles. The first-order valence-electron chi connectivity index (χ1n) is 5.60. The Bertz CT molecular complexity index is 552. The van der Waals surface area contributed by atoms with Gasteiger partial charge in [0.2, 0.25) is 0 Å². The SMILES string of the molecule is O=[N+]([O-])c1ccc2nc(NCCCCO)oc2c1. The van der Waals surface area contributed by atoms with Gasteiger partial charge in [-0.1, -0.05) is 0 Å². The topological polar surface area (TPSA) is 101 Å². The van der Waals surface area contributed by atoms with Crippen molar-refractivity contribution in [3.05, 3.63) is 28.3 Å². The molecular formula is C11H13N3O4. The number of benzene rings is 1. The Hall–Kier alpha value is -2.15. The van der Waals surface area contributed by atoms with E-state index in [1.165, 1.54) is 12.1 Å². The van der Waals surface area contributed by atoms with Gasteiger partial charge in [-0.3, -0.25) is 10.1 Å². The highest BCUT2D eigenvalue weighted by Gasteiger charge is 2.11. The second-order valence-corrected chi connectivity index (χ2v) is 3.79. The lowest BCUT2D eigenvalue weighted by Gasteiger charge is -1.98. The number of hydrogen-bond donors (Lipinski definition) is 2. The van der Waals surface area contributed by atoms with Crippen LogP contribution in [0.1, 0.15) is 12.8 Å². The third kappa shape index (κ3) is 2.75. The lowest BCUT2D eigenvalue weighted by molar-refractivity contribution is -0.384. The zero-order valence-electron chi connectivity index (χ0n) is 9.63. The van der Waals surface area contributed by atoms with Crippen molar-refractivity contribution in [1.29, 1.82) is 0 Å². The van der Waals surface area contributed by atoms with E-state index in [9.17, 15) is 10.1 Å². The Morgan fingerprint density at radius 2 is 2.28 bits per heavy atom. The number of unbranched alkanes of at least 4 members (excludes halogenated alkanes) is 1. The number of nitrogens with zero attached hydrogens (tertiary/aromatic N) is 2. The number of fused-ring (bicyclic) bond motifs is 1. The summed E-state index contributed by atoms with van der Waals surface area (Å²) in [5.41, 5.74) is 0.935. The number of non-ortho nitro benzene ring substituents is 1. The predicted octanol–water partition coefficient (Wildman–Crippen LogP) is 1.92. The molecule has 0 aliphatic carbocycles. The third-order valence-corrected chi connectivity index (χ3v) is 2.44. The molecule has 0 atom stereocenters. The number of nitrogens with one attached hydrogen (secondary N) is 1. The van der Waals surface area contributed by atoms with Crippen LogP contribution in [0.3, 0.4) is 0 Å². The second kappa shape index (κ2) is 5.46. The average Bonchev–Trinajstić information content (AvgIpc) is 2.76. The molecule has 0 amide bonds. The minimum absolute atomic E-state index is 0.0227. The highest BCUT2D eigenvalue weighted by molar-refractivity contribution is 5.77. The van der Waals surface area contributed by atoms with Gasteiger partial charge in [0, 0.05) is 19.2 Å². The Morgan fingerprint density at radius 1 is 1.44 bits per heavy atom. The Kier molecular flexibility index (Phi) is 3.73. The number of anilines is 1. The van der Waals surface area contributed by atoms with Crippen LogP contribution >= 0.6 is 0 Å². The third-order valence-electron chi connectivity index (χ3n) is 2.44. The van der Waals surface area contributed by atoms with Gasteiger partial charge in [-0.15, -0.1) is 0 Å².